The van der Waals surface area contributed by atoms with E-state index in [2.05, 4.69) is 27.5 Å². The maximum absolute atomic E-state index is 14.0. The van der Waals surface area contributed by atoms with Crippen molar-refractivity contribution in [3.63, 3.8) is 0 Å². The van der Waals surface area contributed by atoms with Crippen molar-refractivity contribution in [1.82, 2.24) is 9.97 Å². The van der Waals surface area contributed by atoms with E-state index in [1.807, 2.05) is 0 Å². The molecule has 27 heavy (non-hydrogen) atoms. The summed E-state index contributed by atoms with van der Waals surface area (Å²) in [4.78, 5) is 10.4. The van der Waals surface area contributed by atoms with Crippen molar-refractivity contribution in [2.45, 2.75) is 24.3 Å². The normalized spacial score (nSPS) is 19.4. The lowest BCUT2D eigenvalue weighted by atomic mass is 10.2. The predicted octanol–water partition coefficient (Wildman–Crippen LogP) is 2.87. The Kier molecular flexibility index (Phi) is 6.33. The Hall–Kier alpha value is -2.13. The van der Waals surface area contributed by atoms with Crippen LogP contribution in [0, 0.1) is 11.6 Å². The van der Waals surface area contributed by atoms with Crippen LogP contribution in [-0.2, 0) is 11.3 Å². The van der Waals surface area contributed by atoms with Gasteiger partial charge in [-0.05, 0) is 18.6 Å². The minimum absolute atomic E-state index is 0.0123. The molecule has 1 aliphatic heterocycles. The van der Waals surface area contributed by atoms with E-state index in [0.29, 0.717) is 19.0 Å². The quantitative estimate of drug-likeness (QED) is 0.725. The van der Waals surface area contributed by atoms with Crippen LogP contribution in [0.5, 0.6) is 11.8 Å². The summed E-state index contributed by atoms with van der Waals surface area (Å²) in [6, 6.07) is 4.20. The van der Waals surface area contributed by atoms with Crippen LogP contribution < -0.4 is 14.4 Å². The van der Waals surface area contributed by atoms with Gasteiger partial charge in [-0.3, -0.25) is 0 Å². The van der Waals surface area contributed by atoms with Crippen LogP contribution in [-0.4, -0.2) is 48.6 Å². The molecular weight excluding hydrogens is 376 g/mol. The van der Waals surface area contributed by atoms with Crippen LogP contribution in [0.4, 0.5) is 14.6 Å². The fourth-order valence-electron chi connectivity index (χ4n) is 3.06. The Labute approximate surface area is 161 Å². The number of nitrogens with zero attached hydrogens (tertiary/aromatic N) is 3. The third kappa shape index (κ3) is 4.59. The first kappa shape index (κ1) is 19.6. The zero-order valence-corrected chi connectivity index (χ0v) is 16.0. The number of methoxy groups -OCH3 is 2. The number of hydrogen-bond acceptors (Lipinski definition) is 7. The fraction of sp³-hybridized carbons (Fsp3) is 0.444. The van der Waals surface area contributed by atoms with Gasteiger partial charge in [0.05, 0.1) is 33.5 Å². The molecule has 1 fully saturated rings. The molecule has 0 spiro atoms. The van der Waals surface area contributed by atoms with Crippen molar-refractivity contribution in [2.24, 2.45) is 0 Å². The van der Waals surface area contributed by atoms with E-state index in [9.17, 15) is 8.78 Å². The highest BCUT2D eigenvalue weighted by atomic mass is 32.1. The first-order valence-corrected chi connectivity index (χ1v) is 8.94. The monoisotopic (exact) mass is 397 g/mol. The lowest BCUT2D eigenvalue weighted by Crippen LogP contribution is -2.34. The van der Waals surface area contributed by atoms with Crippen molar-refractivity contribution >= 4 is 18.4 Å². The highest BCUT2D eigenvalue weighted by Crippen LogP contribution is 2.28. The maximum atomic E-state index is 14.0. The summed E-state index contributed by atoms with van der Waals surface area (Å²) in [5, 5.41) is 0.162. The summed E-state index contributed by atoms with van der Waals surface area (Å²) in [6.07, 6.45) is 2.41. The molecule has 1 aromatic carbocycles. The number of thiol groups is 1. The Balaban J connectivity index is 1.65. The van der Waals surface area contributed by atoms with E-state index in [0.717, 1.165) is 18.6 Å². The molecule has 0 aliphatic carbocycles. The number of aromatic nitrogens is 2. The average Bonchev–Trinajstić information content (AvgIpc) is 3.04. The summed E-state index contributed by atoms with van der Waals surface area (Å²) in [5.74, 6) is -0.602. The molecule has 1 aliphatic rings. The lowest BCUT2D eigenvalue weighted by molar-refractivity contribution is 0.106. The zero-order valence-electron chi connectivity index (χ0n) is 15.1. The SMILES string of the molecule is COc1nccc(N2C[C@H](S)C[C@H]2COCc2cc(F)c(OC)cc2F)n1. The molecule has 2 heterocycles. The van der Waals surface area contributed by atoms with Crippen LogP contribution in [0.3, 0.4) is 0 Å². The van der Waals surface area contributed by atoms with Crippen molar-refractivity contribution in [2.75, 3.05) is 32.3 Å². The largest absolute Gasteiger partial charge is 0.494 e. The van der Waals surface area contributed by atoms with E-state index in [1.165, 1.54) is 14.2 Å². The Morgan fingerprint density at radius 2 is 2.04 bits per heavy atom. The van der Waals surface area contributed by atoms with Crippen LogP contribution in [0.2, 0.25) is 0 Å². The van der Waals surface area contributed by atoms with Crippen molar-refractivity contribution in [1.29, 1.82) is 0 Å². The molecule has 146 valence electrons. The van der Waals surface area contributed by atoms with Crippen molar-refractivity contribution in [3.8, 4) is 11.8 Å². The Bertz CT molecular complexity index is 796. The van der Waals surface area contributed by atoms with Crippen LogP contribution in [0.1, 0.15) is 12.0 Å². The van der Waals surface area contributed by atoms with E-state index < -0.39 is 11.6 Å². The van der Waals surface area contributed by atoms with Crippen LogP contribution in [0.25, 0.3) is 0 Å². The van der Waals surface area contributed by atoms with Gasteiger partial charge in [0.25, 0.3) is 0 Å². The number of ether oxygens (including phenoxy) is 3. The third-order valence-electron chi connectivity index (χ3n) is 4.38. The molecule has 0 radical (unpaired) electrons. The van der Waals surface area contributed by atoms with Gasteiger partial charge in [-0.2, -0.15) is 17.6 Å². The Morgan fingerprint density at radius 3 is 2.78 bits per heavy atom. The number of rotatable bonds is 7. The van der Waals surface area contributed by atoms with Crippen LogP contribution in [0.15, 0.2) is 24.4 Å². The highest BCUT2D eigenvalue weighted by Gasteiger charge is 2.31. The van der Waals surface area contributed by atoms with E-state index in [1.54, 1.807) is 12.3 Å². The smallest absolute Gasteiger partial charge is 0.318 e. The van der Waals surface area contributed by atoms with Gasteiger partial charge in [0, 0.05) is 29.6 Å². The molecule has 9 heteroatoms. The second-order valence-electron chi connectivity index (χ2n) is 6.19. The summed E-state index contributed by atoms with van der Waals surface area (Å²) in [5.41, 5.74) is 0.143. The molecule has 0 saturated carbocycles. The minimum atomic E-state index is -0.622. The van der Waals surface area contributed by atoms with Gasteiger partial charge < -0.3 is 19.1 Å². The van der Waals surface area contributed by atoms with Crippen molar-refractivity contribution in [3.05, 3.63) is 41.6 Å². The molecule has 6 nitrogen and oxygen atoms in total. The summed E-state index contributed by atoms with van der Waals surface area (Å²) < 4.78 is 43.3. The van der Waals surface area contributed by atoms with Gasteiger partial charge in [-0.1, -0.05) is 0 Å². The molecule has 2 aromatic rings. The molecule has 0 unspecified atom stereocenters. The van der Waals surface area contributed by atoms with E-state index in [4.69, 9.17) is 14.2 Å². The molecule has 1 saturated heterocycles. The van der Waals surface area contributed by atoms with E-state index >= 15 is 0 Å². The fourth-order valence-corrected chi connectivity index (χ4v) is 3.48. The van der Waals surface area contributed by atoms with E-state index in [-0.39, 0.29) is 35.2 Å². The Morgan fingerprint density at radius 1 is 1.22 bits per heavy atom. The lowest BCUT2D eigenvalue weighted by Gasteiger charge is -2.25. The third-order valence-corrected chi connectivity index (χ3v) is 4.75. The van der Waals surface area contributed by atoms with Crippen LogP contribution >= 0.6 is 12.6 Å². The summed E-state index contributed by atoms with van der Waals surface area (Å²) in [6.45, 7) is 0.987. The molecule has 1 aromatic heterocycles. The second-order valence-corrected chi connectivity index (χ2v) is 6.92. The van der Waals surface area contributed by atoms with Gasteiger partial charge in [0.2, 0.25) is 0 Å². The standard InChI is InChI=1S/C18H21F2N3O3S/c1-24-16-7-14(19)11(5-15(16)20)9-26-10-12-6-13(27)8-23(12)17-3-4-21-18(22-17)25-2/h3-5,7,12-13,27H,6,8-10H2,1-2H3/t12-,13+/m0/s1. The summed E-state index contributed by atoms with van der Waals surface area (Å²) >= 11 is 4.56. The second kappa shape index (κ2) is 8.71. The number of halogens is 2. The number of anilines is 1. The molecule has 3 rings (SSSR count). The first-order valence-electron chi connectivity index (χ1n) is 8.43. The van der Waals surface area contributed by atoms with Crippen molar-refractivity contribution < 1.29 is 23.0 Å². The molecular formula is C18H21F2N3O3S. The van der Waals surface area contributed by atoms with Gasteiger partial charge in [0.15, 0.2) is 11.6 Å². The first-order chi connectivity index (χ1) is 13.0. The molecule has 2 atom stereocenters. The topological polar surface area (TPSA) is 56.7 Å². The van der Waals surface area contributed by atoms with Gasteiger partial charge >= 0.3 is 6.01 Å². The number of hydrogen-bond donors (Lipinski definition) is 1. The zero-order chi connectivity index (χ0) is 19.4. The average molecular weight is 397 g/mol. The van der Waals surface area contributed by atoms with Gasteiger partial charge in [-0.15, -0.1) is 0 Å². The number of benzene rings is 1. The molecule has 0 N–H and O–H groups in total. The molecule has 0 amide bonds. The molecule has 0 bridgehead atoms. The predicted molar refractivity (Wildman–Crippen MR) is 99.7 cm³/mol. The summed E-state index contributed by atoms with van der Waals surface area (Å²) in [7, 11) is 2.80. The highest BCUT2D eigenvalue weighted by molar-refractivity contribution is 7.81. The minimum Gasteiger partial charge on any atom is -0.494 e. The maximum Gasteiger partial charge on any atom is 0.318 e. The van der Waals surface area contributed by atoms with Gasteiger partial charge in [-0.25, -0.2) is 13.8 Å². The van der Waals surface area contributed by atoms with Gasteiger partial charge in [0.1, 0.15) is 11.6 Å².